The Kier molecular flexibility index (Phi) is 6.29. The first-order valence-electron chi connectivity index (χ1n) is 8.12. The molecule has 1 aliphatic rings. The van der Waals surface area contributed by atoms with Crippen molar-refractivity contribution in [2.24, 2.45) is 0 Å². The zero-order valence-corrected chi connectivity index (χ0v) is 14.7. The minimum Gasteiger partial charge on any atom is -0.490 e. The molecule has 0 radical (unpaired) electrons. The molecule has 0 saturated carbocycles. The average Bonchev–Trinajstić information content (AvgIpc) is 2.96. The first-order chi connectivity index (χ1) is 11.4. The molecule has 7 heteroatoms. The summed E-state index contributed by atoms with van der Waals surface area (Å²) >= 11 is 6.25. The molecule has 1 atom stereocenters. The van der Waals surface area contributed by atoms with E-state index in [0.717, 1.165) is 6.42 Å². The summed E-state index contributed by atoms with van der Waals surface area (Å²) < 4.78 is 25.3. The van der Waals surface area contributed by atoms with E-state index < -0.39 is 12.3 Å². The molecule has 1 N–H and O–H groups in total. The van der Waals surface area contributed by atoms with Gasteiger partial charge in [-0.25, -0.2) is 4.39 Å². The molecule has 1 heterocycles. The Hall–Kier alpha value is -1.53. The predicted octanol–water partition coefficient (Wildman–Crippen LogP) is 3.07. The van der Waals surface area contributed by atoms with Crippen LogP contribution in [0.5, 0.6) is 11.5 Å². The molecule has 2 rings (SSSR count). The zero-order valence-electron chi connectivity index (χ0n) is 14.0. The van der Waals surface area contributed by atoms with Crippen molar-refractivity contribution in [2.75, 3.05) is 32.9 Å². The molecule has 1 aromatic rings. The number of benzene rings is 1. The first kappa shape index (κ1) is 18.8. The van der Waals surface area contributed by atoms with Crippen molar-refractivity contribution in [3.63, 3.8) is 0 Å². The van der Waals surface area contributed by atoms with Crippen molar-refractivity contribution in [2.45, 2.75) is 32.4 Å². The average molecular weight is 360 g/mol. The first-order valence-corrected chi connectivity index (χ1v) is 8.50. The number of aliphatic hydroxyl groups is 1. The molecule has 1 aromatic carbocycles. The lowest BCUT2D eigenvalue weighted by molar-refractivity contribution is 0.0631. The number of likely N-dealkylation sites (tertiary alicyclic amines) is 1. The SMILES string of the molecule is CCCOc1c(Cl)cc(C(=O)N2CCC(F)(CO)C2)cc1OCC. The summed E-state index contributed by atoms with van der Waals surface area (Å²) in [5.41, 5.74) is -1.42. The molecule has 1 fully saturated rings. The number of carbonyl (C=O) groups excluding carboxylic acids is 1. The third kappa shape index (κ3) is 4.11. The second-order valence-corrected chi connectivity index (χ2v) is 6.26. The topological polar surface area (TPSA) is 59.0 Å². The number of ether oxygens (including phenoxy) is 2. The molecule has 0 bridgehead atoms. The highest BCUT2D eigenvalue weighted by atomic mass is 35.5. The summed E-state index contributed by atoms with van der Waals surface area (Å²) in [6.45, 7) is 4.22. The standard InChI is InChI=1S/C17H23ClFNO4/c1-3-7-24-15-13(18)8-12(9-14(15)23-4-2)16(22)20-6-5-17(19,10-20)11-21/h8-9,21H,3-7,10-11H2,1-2H3. The van der Waals surface area contributed by atoms with Crippen LogP contribution in [0.15, 0.2) is 12.1 Å². The fourth-order valence-electron chi connectivity index (χ4n) is 2.62. The second kappa shape index (κ2) is 8.03. The van der Waals surface area contributed by atoms with E-state index in [0.29, 0.717) is 30.3 Å². The highest BCUT2D eigenvalue weighted by molar-refractivity contribution is 6.32. The monoisotopic (exact) mass is 359 g/mol. The zero-order chi connectivity index (χ0) is 17.7. The Morgan fingerprint density at radius 2 is 2.17 bits per heavy atom. The molecule has 1 amide bonds. The minimum absolute atomic E-state index is 0.124. The van der Waals surface area contributed by atoms with Gasteiger partial charge < -0.3 is 19.5 Å². The third-order valence-corrected chi connectivity index (χ3v) is 4.16. The summed E-state index contributed by atoms with van der Waals surface area (Å²) in [7, 11) is 0. The van der Waals surface area contributed by atoms with Gasteiger partial charge in [0, 0.05) is 18.5 Å². The molecular formula is C17H23ClFNO4. The van der Waals surface area contributed by atoms with Gasteiger partial charge in [-0.05, 0) is 25.5 Å². The van der Waals surface area contributed by atoms with Gasteiger partial charge in [-0.1, -0.05) is 18.5 Å². The highest BCUT2D eigenvalue weighted by Gasteiger charge is 2.40. The Labute approximate surface area is 146 Å². The number of hydrogen-bond acceptors (Lipinski definition) is 4. The largest absolute Gasteiger partial charge is 0.490 e. The molecule has 0 aliphatic carbocycles. The lowest BCUT2D eigenvalue weighted by Crippen LogP contribution is -2.35. The van der Waals surface area contributed by atoms with Gasteiger partial charge in [0.05, 0.1) is 31.4 Å². The summed E-state index contributed by atoms with van der Waals surface area (Å²) in [5.74, 6) is 0.469. The van der Waals surface area contributed by atoms with E-state index in [1.54, 1.807) is 6.07 Å². The summed E-state index contributed by atoms with van der Waals surface area (Å²) in [4.78, 5) is 14.0. The van der Waals surface area contributed by atoms with Crippen LogP contribution in [0.25, 0.3) is 0 Å². The van der Waals surface area contributed by atoms with Crippen molar-refractivity contribution in [3.05, 3.63) is 22.7 Å². The number of carbonyl (C=O) groups is 1. The van der Waals surface area contributed by atoms with Crippen LogP contribution >= 0.6 is 11.6 Å². The minimum atomic E-state index is -1.73. The Balaban J connectivity index is 2.25. The normalized spacial score (nSPS) is 20.3. The van der Waals surface area contributed by atoms with E-state index in [9.17, 15) is 9.18 Å². The third-order valence-electron chi connectivity index (χ3n) is 3.88. The maximum atomic E-state index is 14.1. The van der Waals surface area contributed by atoms with Gasteiger partial charge in [-0.2, -0.15) is 0 Å². The van der Waals surface area contributed by atoms with Crippen molar-refractivity contribution in [3.8, 4) is 11.5 Å². The number of halogens is 2. The number of amides is 1. The number of nitrogens with zero attached hydrogens (tertiary/aromatic N) is 1. The van der Waals surface area contributed by atoms with Gasteiger partial charge in [0.25, 0.3) is 5.91 Å². The fourth-order valence-corrected chi connectivity index (χ4v) is 2.88. The highest BCUT2D eigenvalue weighted by Crippen LogP contribution is 2.37. The van der Waals surface area contributed by atoms with Gasteiger partial charge in [0.1, 0.15) is 0 Å². The Morgan fingerprint density at radius 3 is 2.75 bits per heavy atom. The van der Waals surface area contributed by atoms with Crippen molar-refractivity contribution in [1.29, 1.82) is 0 Å². The van der Waals surface area contributed by atoms with Crippen LogP contribution in [0, 0.1) is 0 Å². The fraction of sp³-hybridized carbons (Fsp3) is 0.588. The molecule has 1 saturated heterocycles. The van der Waals surface area contributed by atoms with Crippen LogP contribution in [0.1, 0.15) is 37.0 Å². The van der Waals surface area contributed by atoms with Gasteiger partial charge in [-0.3, -0.25) is 4.79 Å². The molecule has 1 aliphatic heterocycles. The van der Waals surface area contributed by atoms with E-state index in [2.05, 4.69) is 0 Å². The quantitative estimate of drug-likeness (QED) is 0.812. The lowest BCUT2D eigenvalue weighted by atomic mass is 10.1. The van der Waals surface area contributed by atoms with Gasteiger partial charge in [-0.15, -0.1) is 0 Å². The van der Waals surface area contributed by atoms with Crippen molar-refractivity contribution in [1.82, 2.24) is 4.90 Å². The van der Waals surface area contributed by atoms with Crippen LogP contribution in [0.3, 0.4) is 0 Å². The number of hydrogen-bond donors (Lipinski definition) is 1. The number of rotatable bonds is 7. The Morgan fingerprint density at radius 1 is 1.42 bits per heavy atom. The van der Waals surface area contributed by atoms with Crippen molar-refractivity contribution >= 4 is 17.5 Å². The van der Waals surface area contributed by atoms with E-state index >= 15 is 0 Å². The van der Waals surface area contributed by atoms with Gasteiger partial charge in [0.2, 0.25) is 0 Å². The summed E-state index contributed by atoms with van der Waals surface area (Å²) in [6, 6.07) is 3.08. The molecule has 1 unspecified atom stereocenters. The molecule has 24 heavy (non-hydrogen) atoms. The van der Waals surface area contributed by atoms with Crippen LogP contribution in [0.2, 0.25) is 5.02 Å². The molecule has 0 spiro atoms. The Bertz CT molecular complexity index is 598. The van der Waals surface area contributed by atoms with E-state index in [1.807, 2.05) is 13.8 Å². The van der Waals surface area contributed by atoms with E-state index in [-0.39, 0.29) is 30.4 Å². The van der Waals surface area contributed by atoms with Gasteiger partial charge >= 0.3 is 0 Å². The second-order valence-electron chi connectivity index (χ2n) is 5.85. The van der Waals surface area contributed by atoms with E-state index in [4.69, 9.17) is 26.2 Å². The van der Waals surface area contributed by atoms with Gasteiger partial charge in [0.15, 0.2) is 17.2 Å². The number of alkyl halides is 1. The molecule has 0 aromatic heterocycles. The lowest BCUT2D eigenvalue weighted by Gasteiger charge is -2.20. The van der Waals surface area contributed by atoms with Crippen LogP contribution < -0.4 is 9.47 Å². The molecule has 5 nitrogen and oxygen atoms in total. The molecular weight excluding hydrogens is 337 g/mol. The van der Waals surface area contributed by atoms with Crippen molar-refractivity contribution < 1.29 is 23.8 Å². The van der Waals surface area contributed by atoms with Crippen LogP contribution in [-0.4, -0.2) is 54.5 Å². The van der Waals surface area contributed by atoms with E-state index in [1.165, 1.54) is 11.0 Å². The van der Waals surface area contributed by atoms with Crippen LogP contribution in [0.4, 0.5) is 4.39 Å². The van der Waals surface area contributed by atoms with Crippen LogP contribution in [-0.2, 0) is 0 Å². The molecule has 134 valence electrons. The summed E-state index contributed by atoms with van der Waals surface area (Å²) in [6.07, 6.45) is 0.940. The smallest absolute Gasteiger partial charge is 0.254 e. The maximum Gasteiger partial charge on any atom is 0.254 e. The predicted molar refractivity (Wildman–Crippen MR) is 89.9 cm³/mol. The summed E-state index contributed by atoms with van der Waals surface area (Å²) in [5, 5.41) is 9.38. The number of aliphatic hydroxyl groups excluding tert-OH is 1. The maximum absolute atomic E-state index is 14.1.